The van der Waals surface area contributed by atoms with Gasteiger partial charge in [0.1, 0.15) is 11.5 Å². The molecule has 1 aliphatic rings. The van der Waals surface area contributed by atoms with E-state index in [9.17, 15) is 9.18 Å². The SMILES string of the molecule is O=C(c1[nH]c2c(F)cccc2c1Sc1ccc(Cl)cc1)N1CCC(Cc2ccccc2)CC1. The van der Waals surface area contributed by atoms with E-state index in [1.54, 1.807) is 6.07 Å². The number of aromatic amines is 1. The number of nitrogens with zero attached hydrogens (tertiary/aromatic N) is 1. The molecule has 33 heavy (non-hydrogen) atoms. The molecule has 1 aromatic heterocycles. The predicted molar refractivity (Wildman–Crippen MR) is 133 cm³/mol. The number of benzene rings is 3. The first-order valence-corrected chi connectivity index (χ1v) is 12.3. The summed E-state index contributed by atoms with van der Waals surface area (Å²) in [7, 11) is 0. The van der Waals surface area contributed by atoms with Crippen molar-refractivity contribution in [3.63, 3.8) is 0 Å². The molecule has 168 valence electrons. The fourth-order valence-electron chi connectivity index (χ4n) is 4.48. The fraction of sp³-hybridized carbons (Fsp3) is 0.222. The lowest BCUT2D eigenvalue weighted by Gasteiger charge is -2.32. The number of hydrogen-bond acceptors (Lipinski definition) is 2. The number of piperidine rings is 1. The molecule has 0 unspecified atom stereocenters. The summed E-state index contributed by atoms with van der Waals surface area (Å²) in [6.45, 7) is 1.42. The van der Waals surface area contributed by atoms with Crippen LogP contribution in [0.1, 0.15) is 28.9 Å². The zero-order chi connectivity index (χ0) is 22.8. The van der Waals surface area contributed by atoms with Gasteiger partial charge in [0.25, 0.3) is 5.91 Å². The molecule has 1 amide bonds. The minimum absolute atomic E-state index is 0.0692. The second kappa shape index (κ2) is 9.62. The van der Waals surface area contributed by atoms with Crippen LogP contribution in [0, 0.1) is 11.7 Å². The molecule has 1 saturated heterocycles. The average molecular weight is 479 g/mol. The maximum absolute atomic E-state index is 14.6. The number of halogens is 2. The van der Waals surface area contributed by atoms with Gasteiger partial charge < -0.3 is 9.88 Å². The summed E-state index contributed by atoms with van der Waals surface area (Å²) >= 11 is 7.49. The minimum Gasteiger partial charge on any atom is -0.347 e. The van der Waals surface area contributed by atoms with Gasteiger partial charge in [-0.2, -0.15) is 0 Å². The molecule has 4 aromatic rings. The lowest BCUT2D eigenvalue weighted by atomic mass is 9.90. The number of nitrogens with one attached hydrogen (secondary N) is 1. The molecule has 3 aromatic carbocycles. The van der Waals surface area contributed by atoms with Gasteiger partial charge in [0.2, 0.25) is 0 Å². The minimum atomic E-state index is -0.355. The highest BCUT2D eigenvalue weighted by molar-refractivity contribution is 7.99. The fourth-order valence-corrected chi connectivity index (χ4v) is 5.63. The van der Waals surface area contributed by atoms with Crippen LogP contribution >= 0.6 is 23.4 Å². The van der Waals surface area contributed by atoms with Crippen molar-refractivity contribution < 1.29 is 9.18 Å². The van der Waals surface area contributed by atoms with Crippen LogP contribution in [0.3, 0.4) is 0 Å². The summed E-state index contributed by atoms with van der Waals surface area (Å²) < 4.78 is 14.6. The summed E-state index contributed by atoms with van der Waals surface area (Å²) in [4.78, 5) is 20.2. The Morgan fingerprint density at radius 2 is 1.73 bits per heavy atom. The van der Waals surface area contributed by atoms with Gasteiger partial charge in [-0.05, 0) is 61.1 Å². The van der Waals surface area contributed by atoms with Crippen LogP contribution in [-0.2, 0) is 6.42 Å². The molecule has 0 spiro atoms. The predicted octanol–water partition coefficient (Wildman–Crippen LogP) is 7.21. The van der Waals surface area contributed by atoms with Gasteiger partial charge >= 0.3 is 0 Å². The molecule has 0 saturated carbocycles. The number of H-pyrrole nitrogens is 1. The first-order valence-electron chi connectivity index (χ1n) is 11.2. The lowest BCUT2D eigenvalue weighted by Crippen LogP contribution is -2.39. The lowest BCUT2D eigenvalue weighted by molar-refractivity contribution is 0.0682. The van der Waals surface area contributed by atoms with Gasteiger partial charge in [-0.15, -0.1) is 0 Å². The largest absolute Gasteiger partial charge is 0.347 e. The normalized spacial score (nSPS) is 14.7. The molecule has 1 N–H and O–H groups in total. The van der Waals surface area contributed by atoms with E-state index in [2.05, 4.69) is 29.2 Å². The zero-order valence-electron chi connectivity index (χ0n) is 18.1. The van der Waals surface area contributed by atoms with Crippen molar-refractivity contribution in [2.45, 2.75) is 29.1 Å². The van der Waals surface area contributed by atoms with Crippen molar-refractivity contribution >= 4 is 40.2 Å². The van der Waals surface area contributed by atoms with Gasteiger partial charge in [0.05, 0.1) is 10.4 Å². The third kappa shape index (κ3) is 4.80. The zero-order valence-corrected chi connectivity index (χ0v) is 19.6. The molecule has 0 radical (unpaired) electrons. The Hall–Kier alpha value is -2.76. The number of rotatable bonds is 5. The summed E-state index contributed by atoms with van der Waals surface area (Å²) in [6.07, 6.45) is 2.97. The van der Waals surface area contributed by atoms with Crippen LogP contribution in [0.5, 0.6) is 0 Å². The monoisotopic (exact) mass is 478 g/mol. The Labute approximate surface area is 201 Å². The van der Waals surface area contributed by atoms with Gasteiger partial charge in [0, 0.05) is 28.4 Å². The Bertz CT molecular complexity index is 1260. The smallest absolute Gasteiger partial charge is 0.271 e. The number of aromatic nitrogens is 1. The van der Waals surface area contributed by atoms with Crippen LogP contribution < -0.4 is 0 Å². The van der Waals surface area contributed by atoms with Gasteiger partial charge in [0.15, 0.2) is 0 Å². The number of carbonyl (C=O) groups is 1. The van der Waals surface area contributed by atoms with E-state index >= 15 is 0 Å². The molecule has 6 heteroatoms. The van der Waals surface area contributed by atoms with E-state index in [0.717, 1.165) is 34.4 Å². The van der Waals surface area contributed by atoms with Crippen molar-refractivity contribution in [2.75, 3.05) is 13.1 Å². The molecule has 0 aliphatic carbocycles. The first-order chi connectivity index (χ1) is 16.1. The van der Waals surface area contributed by atoms with Gasteiger partial charge in [-0.3, -0.25) is 4.79 Å². The summed E-state index contributed by atoms with van der Waals surface area (Å²) in [5.41, 5.74) is 2.17. The average Bonchev–Trinajstić information content (AvgIpc) is 3.21. The molecule has 5 rings (SSSR count). The number of para-hydroxylation sites is 1. The summed E-state index contributed by atoms with van der Waals surface area (Å²) in [6, 6.07) is 22.9. The van der Waals surface area contributed by atoms with Gasteiger partial charge in [-0.25, -0.2) is 4.39 Å². The van der Waals surface area contributed by atoms with Crippen LogP contribution in [0.25, 0.3) is 10.9 Å². The van der Waals surface area contributed by atoms with Crippen LogP contribution in [-0.4, -0.2) is 28.9 Å². The topological polar surface area (TPSA) is 36.1 Å². The maximum Gasteiger partial charge on any atom is 0.271 e. The molecule has 1 aliphatic heterocycles. The Kier molecular flexibility index (Phi) is 6.43. The van der Waals surface area contributed by atoms with Crippen LogP contribution in [0.15, 0.2) is 82.6 Å². The number of likely N-dealkylation sites (tertiary alicyclic amines) is 1. The summed E-state index contributed by atoms with van der Waals surface area (Å²) in [5.74, 6) is 0.144. The van der Waals surface area contributed by atoms with E-state index in [1.165, 1.54) is 23.4 Å². The second-order valence-electron chi connectivity index (χ2n) is 8.47. The van der Waals surface area contributed by atoms with E-state index in [1.807, 2.05) is 41.3 Å². The van der Waals surface area contributed by atoms with E-state index in [-0.39, 0.29) is 11.7 Å². The maximum atomic E-state index is 14.6. The van der Waals surface area contributed by atoms with Gasteiger partial charge in [-0.1, -0.05) is 65.8 Å². The standard InChI is InChI=1S/C27H24ClFN2OS/c28-20-9-11-21(12-10-20)33-26-22-7-4-8-23(29)24(22)30-25(26)27(32)31-15-13-19(14-16-31)17-18-5-2-1-3-6-18/h1-12,19,30H,13-17H2. The van der Waals surface area contributed by atoms with Crippen molar-refractivity contribution in [2.24, 2.45) is 5.92 Å². The molecular formula is C27H24ClFN2OS. The molecule has 0 atom stereocenters. The number of fused-ring (bicyclic) bond motifs is 1. The quantitative estimate of drug-likeness (QED) is 0.329. The van der Waals surface area contributed by atoms with E-state index < -0.39 is 0 Å². The highest BCUT2D eigenvalue weighted by Crippen LogP contribution is 2.38. The number of hydrogen-bond donors (Lipinski definition) is 1. The summed E-state index contributed by atoms with van der Waals surface area (Å²) in [5, 5.41) is 1.37. The van der Waals surface area contributed by atoms with Crippen molar-refractivity contribution in [1.29, 1.82) is 0 Å². The second-order valence-corrected chi connectivity index (χ2v) is 9.99. The van der Waals surface area contributed by atoms with E-state index in [0.29, 0.717) is 35.2 Å². The molecule has 2 heterocycles. The number of amides is 1. The third-order valence-corrected chi connectivity index (χ3v) is 7.64. The van der Waals surface area contributed by atoms with Crippen LogP contribution in [0.4, 0.5) is 4.39 Å². The van der Waals surface area contributed by atoms with Crippen molar-refractivity contribution in [3.05, 3.63) is 94.9 Å². The van der Waals surface area contributed by atoms with E-state index in [4.69, 9.17) is 11.6 Å². The van der Waals surface area contributed by atoms with Crippen molar-refractivity contribution in [3.8, 4) is 0 Å². The first kappa shape index (κ1) is 22.1. The number of carbonyl (C=O) groups excluding carboxylic acids is 1. The molecule has 1 fully saturated rings. The third-order valence-electron chi connectivity index (χ3n) is 6.25. The highest BCUT2D eigenvalue weighted by Gasteiger charge is 2.28. The molecular weight excluding hydrogens is 455 g/mol. The highest BCUT2D eigenvalue weighted by atomic mass is 35.5. The Balaban J connectivity index is 1.38. The van der Waals surface area contributed by atoms with Crippen LogP contribution in [0.2, 0.25) is 5.02 Å². The van der Waals surface area contributed by atoms with Crippen molar-refractivity contribution in [1.82, 2.24) is 9.88 Å². The Morgan fingerprint density at radius 1 is 1.00 bits per heavy atom. The Morgan fingerprint density at radius 3 is 2.45 bits per heavy atom. The molecule has 0 bridgehead atoms. The molecule has 3 nitrogen and oxygen atoms in total.